The molecule has 0 bridgehead atoms. The Balaban J connectivity index is 2.43. The van der Waals surface area contributed by atoms with E-state index in [1.54, 1.807) is 0 Å². The normalized spacial score (nSPS) is 17.3. The van der Waals surface area contributed by atoms with E-state index in [-0.39, 0.29) is 5.60 Å². The largest absolute Gasteiger partial charge is 0.368 e. The molecule has 1 atom stereocenters. The number of hydrogen-bond acceptors (Lipinski definition) is 4. The zero-order valence-electron chi connectivity index (χ0n) is 12.5. The fraction of sp³-hybridized carbons (Fsp3) is 0.733. The number of nitrogens with zero attached hydrogens (tertiary/aromatic N) is 2. The van der Waals surface area contributed by atoms with Gasteiger partial charge in [-0.1, -0.05) is 20.3 Å². The van der Waals surface area contributed by atoms with Crippen molar-refractivity contribution in [3.63, 3.8) is 0 Å². The van der Waals surface area contributed by atoms with Gasteiger partial charge in [-0.25, -0.2) is 9.97 Å². The Morgan fingerprint density at radius 1 is 1.21 bits per heavy atom. The summed E-state index contributed by atoms with van der Waals surface area (Å²) in [6.07, 6.45) is 3.02. The Morgan fingerprint density at radius 3 is 2.63 bits per heavy atom. The molecule has 0 saturated heterocycles. The number of aromatic nitrogens is 2. The van der Waals surface area contributed by atoms with Crippen LogP contribution < -0.4 is 5.32 Å². The number of aryl methyl sites for hydroxylation is 1. The van der Waals surface area contributed by atoms with Gasteiger partial charge in [0, 0.05) is 31.0 Å². The van der Waals surface area contributed by atoms with Gasteiger partial charge in [-0.2, -0.15) is 0 Å². The number of rotatable bonds is 6. The van der Waals surface area contributed by atoms with Crippen molar-refractivity contribution in [3.8, 4) is 0 Å². The molecule has 1 aliphatic heterocycles. The van der Waals surface area contributed by atoms with Crippen LogP contribution >= 0.6 is 0 Å². The number of fused-ring (bicyclic) bond motifs is 1. The van der Waals surface area contributed by atoms with E-state index in [0.717, 1.165) is 43.9 Å². The molecule has 0 radical (unpaired) electrons. The lowest BCUT2D eigenvalue weighted by Gasteiger charge is -2.27. The SMILES string of the molecule is CCCc1nc(C(C)(CC)OCC)nc2c1CNC2. The first-order valence-electron chi connectivity index (χ1n) is 7.38. The molecule has 0 fully saturated rings. The molecule has 1 aromatic rings. The molecule has 106 valence electrons. The second kappa shape index (κ2) is 5.97. The zero-order chi connectivity index (χ0) is 13.9. The smallest absolute Gasteiger partial charge is 0.160 e. The minimum atomic E-state index is -0.366. The molecule has 0 saturated carbocycles. The Hall–Kier alpha value is -1.00. The molecular weight excluding hydrogens is 238 g/mol. The second-order valence-corrected chi connectivity index (χ2v) is 5.29. The van der Waals surface area contributed by atoms with Gasteiger partial charge < -0.3 is 10.1 Å². The van der Waals surface area contributed by atoms with E-state index in [2.05, 4.69) is 26.1 Å². The maximum Gasteiger partial charge on any atom is 0.160 e. The van der Waals surface area contributed by atoms with Crippen LogP contribution in [-0.4, -0.2) is 16.6 Å². The van der Waals surface area contributed by atoms with Crippen LogP contribution in [0.25, 0.3) is 0 Å². The summed E-state index contributed by atoms with van der Waals surface area (Å²) in [5.41, 5.74) is 3.30. The number of hydrogen-bond donors (Lipinski definition) is 1. The van der Waals surface area contributed by atoms with Crippen molar-refractivity contribution in [3.05, 3.63) is 22.8 Å². The molecule has 1 N–H and O–H groups in total. The van der Waals surface area contributed by atoms with Crippen LogP contribution in [0.4, 0.5) is 0 Å². The molecule has 1 aromatic heterocycles. The Labute approximate surface area is 116 Å². The summed E-state index contributed by atoms with van der Waals surface area (Å²) < 4.78 is 5.91. The Morgan fingerprint density at radius 2 is 2.00 bits per heavy atom. The molecular formula is C15H25N3O. The van der Waals surface area contributed by atoms with Gasteiger partial charge in [-0.15, -0.1) is 0 Å². The maximum atomic E-state index is 5.91. The van der Waals surface area contributed by atoms with Crippen LogP contribution in [-0.2, 0) is 29.8 Å². The second-order valence-electron chi connectivity index (χ2n) is 5.29. The first-order valence-corrected chi connectivity index (χ1v) is 7.38. The molecule has 0 amide bonds. The molecule has 4 nitrogen and oxygen atoms in total. The summed E-state index contributed by atoms with van der Waals surface area (Å²) in [7, 11) is 0. The van der Waals surface area contributed by atoms with Crippen molar-refractivity contribution in [1.29, 1.82) is 0 Å². The standard InChI is InChI=1S/C15H25N3O/c1-5-8-12-11-9-16-10-13(11)18-14(17-12)15(4,6-2)19-7-3/h16H,5-10H2,1-4H3. The molecule has 1 unspecified atom stereocenters. The monoisotopic (exact) mass is 263 g/mol. The summed E-state index contributed by atoms with van der Waals surface area (Å²) in [6.45, 7) is 10.9. The van der Waals surface area contributed by atoms with Crippen molar-refractivity contribution in [2.24, 2.45) is 0 Å². The fourth-order valence-corrected chi connectivity index (χ4v) is 2.56. The molecule has 0 aliphatic carbocycles. The summed E-state index contributed by atoms with van der Waals surface area (Å²) in [5.74, 6) is 0.850. The van der Waals surface area contributed by atoms with Crippen molar-refractivity contribution in [1.82, 2.24) is 15.3 Å². The van der Waals surface area contributed by atoms with Crippen molar-refractivity contribution in [2.75, 3.05) is 6.61 Å². The Kier molecular flexibility index (Phi) is 4.53. The van der Waals surface area contributed by atoms with E-state index in [1.807, 2.05) is 6.92 Å². The van der Waals surface area contributed by atoms with Crippen LogP contribution in [0.2, 0.25) is 0 Å². The minimum absolute atomic E-state index is 0.366. The number of nitrogens with one attached hydrogen (secondary N) is 1. The molecule has 2 rings (SSSR count). The van der Waals surface area contributed by atoms with Gasteiger partial charge >= 0.3 is 0 Å². The van der Waals surface area contributed by atoms with Gasteiger partial charge in [-0.3, -0.25) is 0 Å². The lowest BCUT2D eigenvalue weighted by atomic mass is 10.0. The molecule has 2 heterocycles. The predicted molar refractivity (Wildman–Crippen MR) is 75.8 cm³/mol. The fourth-order valence-electron chi connectivity index (χ4n) is 2.56. The van der Waals surface area contributed by atoms with Crippen LogP contribution in [0.1, 0.15) is 63.3 Å². The highest BCUT2D eigenvalue weighted by molar-refractivity contribution is 5.30. The minimum Gasteiger partial charge on any atom is -0.368 e. The molecule has 4 heteroatoms. The van der Waals surface area contributed by atoms with Crippen molar-refractivity contribution in [2.45, 2.75) is 65.6 Å². The first kappa shape index (κ1) is 14.4. The molecule has 1 aliphatic rings. The molecule has 0 spiro atoms. The predicted octanol–water partition coefficient (Wildman–Crippen LogP) is 2.69. The van der Waals surface area contributed by atoms with E-state index in [9.17, 15) is 0 Å². The van der Waals surface area contributed by atoms with Crippen LogP contribution in [0, 0.1) is 0 Å². The van der Waals surface area contributed by atoms with Crippen LogP contribution in [0.5, 0.6) is 0 Å². The Bertz CT molecular complexity index is 447. The third-order valence-corrected chi connectivity index (χ3v) is 3.87. The average Bonchev–Trinajstić information content (AvgIpc) is 2.87. The van der Waals surface area contributed by atoms with Crippen LogP contribution in [0.15, 0.2) is 0 Å². The highest BCUT2D eigenvalue weighted by atomic mass is 16.5. The van der Waals surface area contributed by atoms with E-state index in [4.69, 9.17) is 14.7 Å². The molecule has 0 aromatic carbocycles. The number of ether oxygens (including phenoxy) is 1. The topological polar surface area (TPSA) is 47.0 Å². The van der Waals surface area contributed by atoms with E-state index in [0.29, 0.717) is 6.61 Å². The van der Waals surface area contributed by atoms with Gasteiger partial charge in [0.05, 0.1) is 5.69 Å². The third-order valence-electron chi connectivity index (χ3n) is 3.87. The van der Waals surface area contributed by atoms with Gasteiger partial charge in [0.1, 0.15) is 5.60 Å². The third kappa shape index (κ3) is 2.79. The van der Waals surface area contributed by atoms with E-state index >= 15 is 0 Å². The van der Waals surface area contributed by atoms with E-state index in [1.165, 1.54) is 11.3 Å². The lowest BCUT2D eigenvalue weighted by Crippen LogP contribution is -2.29. The maximum absolute atomic E-state index is 5.91. The summed E-state index contributed by atoms with van der Waals surface area (Å²) >= 11 is 0. The summed E-state index contributed by atoms with van der Waals surface area (Å²) in [4.78, 5) is 9.58. The first-order chi connectivity index (χ1) is 9.14. The lowest BCUT2D eigenvalue weighted by molar-refractivity contribution is -0.0393. The zero-order valence-corrected chi connectivity index (χ0v) is 12.5. The average molecular weight is 263 g/mol. The van der Waals surface area contributed by atoms with Gasteiger partial charge in [0.2, 0.25) is 0 Å². The van der Waals surface area contributed by atoms with Crippen molar-refractivity contribution >= 4 is 0 Å². The highest BCUT2D eigenvalue weighted by Gasteiger charge is 2.31. The summed E-state index contributed by atoms with van der Waals surface area (Å²) in [6, 6.07) is 0. The van der Waals surface area contributed by atoms with Gasteiger partial charge in [0.15, 0.2) is 5.82 Å². The van der Waals surface area contributed by atoms with E-state index < -0.39 is 0 Å². The quantitative estimate of drug-likeness (QED) is 0.857. The van der Waals surface area contributed by atoms with Crippen molar-refractivity contribution < 1.29 is 4.74 Å². The molecule has 19 heavy (non-hydrogen) atoms. The highest BCUT2D eigenvalue weighted by Crippen LogP contribution is 2.29. The van der Waals surface area contributed by atoms with Gasteiger partial charge in [-0.05, 0) is 26.7 Å². The van der Waals surface area contributed by atoms with Gasteiger partial charge in [0.25, 0.3) is 0 Å². The summed E-state index contributed by atoms with van der Waals surface area (Å²) in [5, 5.41) is 3.37. The van der Waals surface area contributed by atoms with Crippen LogP contribution in [0.3, 0.4) is 0 Å².